The molecule has 0 spiro atoms. The van der Waals surface area contributed by atoms with Crippen LogP contribution in [0.3, 0.4) is 0 Å². The normalized spacial score (nSPS) is 12.6. The Kier molecular flexibility index (Phi) is 4.71. The summed E-state index contributed by atoms with van der Waals surface area (Å²) in [6.45, 7) is 0.414. The molecule has 8 heteroatoms. The van der Waals surface area contributed by atoms with Crippen LogP contribution in [0, 0.1) is 0 Å². The van der Waals surface area contributed by atoms with Crippen molar-refractivity contribution in [1.29, 1.82) is 0 Å². The maximum atomic E-state index is 6.02. The first-order valence-electron chi connectivity index (χ1n) is 5.48. The fourth-order valence-corrected chi connectivity index (χ4v) is 1.97. The van der Waals surface area contributed by atoms with Crippen molar-refractivity contribution in [1.82, 2.24) is 15.1 Å². The molecule has 0 bridgehead atoms. The summed E-state index contributed by atoms with van der Waals surface area (Å²) in [7, 11) is 1.58. The number of hydrogen-bond acceptors (Lipinski definition) is 6. The molecule has 1 unspecified atom stereocenters. The van der Waals surface area contributed by atoms with Crippen LogP contribution in [0.5, 0.6) is 0 Å². The molecular formula is C11H12Cl2N4O2. The van der Waals surface area contributed by atoms with E-state index in [0.717, 1.165) is 0 Å². The molecule has 0 aromatic carbocycles. The summed E-state index contributed by atoms with van der Waals surface area (Å²) in [5.74, 6) is 0.716. The van der Waals surface area contributed by atoms with E-state index in [2.05, 4.69) is 15.1 Å². The maximum Gasteiger partial charge on any atom is 0.228 e. The Hall–Kier alpha value is -1.21. The van der Waals surface area contributed by atoms with Gasteiger partial charge in [-0.1, -0.05) is 28.4 Å². The van der Waals surface area contributed by atoms with E-state index in [-0.39, 0.29) is 6.04 Å². The smallest absolute Gasteiger partial charge is 0.228 e. The Morgan fingerprint density at radius 3 is 2.95 bits per heavy atom. The van der Waals surface area contributed by atoms with Gasteiger partial charge < -0.3 is 15.0 Å². The minimum absolute atomic E-state index is 0.202. The van der Waals surface area contributed by atoms with Crippen LogP contribution in [0.15, 0.2) is 16.8 Å². The summed E-state index contributed by atoms with van der Waals surface area (Å²) in [4.78, 5) is 8.26. The zero-order chi connectivity index (χ0) is 13.8. The number of rotatable bonds is 5. The van der Waals surface area contributed by atoms with E-state index < -0.39 is 0 Å². The molecule has 6 nitrogen and oxygen atoms in total. The standard InChI is InChI=1S/C11H12Cl2N4O2/c1-18-5-7(14)3-9-16-11(17-19-9)10-8(13)2-6(12)4-15-10/h2,4,7H,3,5,14H2,1H3. The van der Waals surface area contributed by atoms with E-state index in [1.165, 1.54) is 6.20 Å². The van der Waals surface area contributed by atoms with Crippen molar-refractivity contribution in [2.24, 2.45) is 5.73 Å². The van der Waals surface area contributed by atoms with Crippen LogP contribution < -0.4 is 5.73 Å². The number of methoxy groups -OCH3 is 1. The largest absolute Gasteiger partial charge is 0.383 e. The highest BCUT2D eigenvalue weighted by molar-refractivity contribution is 6.35. The molecule has 2 heterocycles. The zero-order valence-electron chi connectivity index (χ0n) is 10.1. The van der Waals surface area contributed by atoms with Gasteiger partial charge in [0.15, 0.2) is 0 Å². The Labute approximate surface area is 119 Å². The average molecular weight is 303 g/mol. The quantitative estimate of drug-likeness (QED) is 0.908. The van der Waals surface area contributed by atoms with Crippen molar-refractivity contribution in [2.45, 2.75) is 12.5 Å². The molecule has 0 radical (unpaired) electrons. The number of nitrogens with two attached hydrogens (primary N) is 1. The summed E-state index contributed by atoms with van der Waals surface area (Å²) in [6.07, 6.45) is 1.89. The van der Waals surface area contributed by atoms with Gasteiger partial charge in [-0.05, 0) is 6.07 Å². The fraction of sp³-hybridized carbons (Fsp3) is 0.364. The molecule has 2 rings (SSSR count). The molecule has 0 saturated heterocycles. The van der Waals surface area contributed by atoms with Crippen LogP contribution in [0.4, 0.5) is 0 Å². The van der Waals surface area contributed by atoms with E-state index in [1.54, 1.807) is 13.2 Å². The van der Waals surface area contributed by atoms with Crippen LogP contribution in [0.25, 0.3) is 11.5 Å². The number of halogens is 2. The minimum Gasteiger partial charge on any atom is -0.383 e. The molecule has 0 fully saturated rings. The van der Waals surface area contributed by atoms with Crippen LogP contribution in [0.2, 0.25) is 10.0 Å². The Morgan fingerprint density at radius 2 is 2.26 bits per heavy atom. The number of aromatic nitrogens is 3. The zero-order valence-corrected chi connectivity index (χ0v) is 11.6. The van der Waals surface area contributed by atoms with Gasteiger partial charge in [-0.3, -0.25) is 0 Å². The lowest BCUT2D eigenvalue weighted by Gasteiger charge is -2.05. The van der Waals surface area contributed by atoms with Gasteiger partial charge in [-0.2, -0.15) is 4.98 Å². The highest BCUT2D eigenvalue weighted by Gasteiger charge is 2.15. The highest BCUT2D eigenvalue weighted by atomic mass is 35.5. The van der Waals surface area contributed by atoms with Crippen molar-refractivity contribution in [3.63, 3.8) is 0 Å². The van der Waals surface area contributed by atoms with Gasteiger partial charge in [0.05, 0.1) is 16.7 Å². The molecule has 0 saturated carbocycles. The monoisotopic (exact) mass is 302 g/mol. The summed E-state index contributed by atoms with van der Waals surface area (Å²) in [6, 6.07) is 1.37. The van der Waals surface area contributed by atoms with Gasteiger partial charge in [0.1, 0.15) is 5.69 Å². The summed E-state index contributed by atoms with van der Waals surface area (Å²) in [5.41, 5.74) is 6.22. The number of pyridine rings is 1. The van der Waals surface area contributed by atoms with Crippen molar-refractivity contribution >= 4 is 23.2 Å². The van der Waals surface area contributed by atoms with Gasteiger partial charge in [-0.25, -0.2) is 4.98 Å². The lowest BCUT2D eigenvalue weighted by atomic mass is 10.2. The van der Waals surface area contributed by atoms with E-state index in [9.17, 15) is 0 Å². The summed E-state index contributed by atoms with van der Waals surface area (Å²) in [5, 5.41) is 4.62. The van der Waals surface area contributed by atoms with Crippen LogP contribution in [-0.2, 0) is 11.2 Å². The van der Waals surface area contributed by atoms with E-state index in [0.29, 0.717) is 40.5 Å². The molecule has 102 valence electrons. The minimum atomic E-state index is -0.202. The predicted octanol–water partition coefficient (Wildman–Crippen LogP) is 1.95. The molecule has 0 aliphatic rings. The molecule has 2 N–H and O–H groups in total. The first-order chi connectivity index (χ1) is 9.10. The van der Waals surface area contributed by atoms with Crippen molar-refractivity contribution in [3.05, 3.63) is 28.2 Å². The van der Waals surface area contributed by atoms with Gasteiger partial charge in [0.2, 0.25) is 11.7 Å². The van der Waals surface area contributed by atoms with Crippen LogP contribution >= 0.6 is 23.2 Å². The molecule has 0 aliphatic heterocycles. The molecule has 2 aromatic rings. The summed E-state index contributed by atoms with van der Waals surface area (Å²) >= 11 is 11.8. The van der Waals surface area contributed by atoms with Gasteiger partial charge >= 0.3 is 0 Å². The molecular weight excluding hydrogens is 291 g/mol. The number of hydrogen-bond donors (Lipinski definition) is 1. The van der Waals surface area contributed by atoms with Crippen LogP contribution in [0.1, 0.15) is 5.89 Å². The molecule has 19 heavy (non-hydrogen) atoms. The first-order valence-corrected chi connectivity index (χ1v) is 6.24. The maximum absolute atomic E-state index is 6.02. The highest BCUT2D eigenvalue weighted by Crippen LogP contribution is 2.25. The fourth-order valence-electron chi connectivity index (χ4n) is 1.51. The molecule has 0 aliphatic carbocycles. The third kappa shape index (κ3) is 3.63. The number of nitrogens with zero attached hydrogens (tertiary/aromatic N) is 3. The second-order valence-electron chi connectivity index (χ2n) is 3.92. The van der Waals surface area contributed by atoms with Gasteiger partial charge in [0.25, 0.3) is 0 Å². The first kappa shape index (κ1) is 14.2. The Bertz CT molecular complexity index is 561. The second kappa shape index (κ2) is 6.29. The lowest BCUT2D eigenvalue weighted by Crippen LogP contribution is -2.28. The van der Waals surface area contributed by atoms with E-state index in [4.69, 9.17) is 38.2 Å². The number of ether oxygens (including phenoxy) is 1. The topological polar surface area (TPSA) is 87.1 Å². The molecule has 1 atom stereocenters. The third-order valence-electron chi connectivity index (χ3n) is 2.31. The lowest BCUT2D eigenvalue weighted by molar-refractivity contribution is 0.176. The van der Waals surface area contributed by atoms with Crippen molar-refractivity contribution in [2.75, 3.05) is 13.7 Å². The Balaban J connectivity index is 2.16. The summed E-state index contributed by atoms with van der Waals surface area (Å²) < 4.78 is 10.0. The Morgan fingerprint density at radius 1 is 1.47 bits per heavy atom. The predicted molar refractivity (Wildman–Crippen MR) is 71.1 cm³/mol. The third-order valence-corrected chi connectivity index (χ3v) is 2.80. The molecule has 2 aromatic heterocycles. The van der Waals surface area contributed by atoms with Crippen molar-refractivity contribution < 1.29 is 9.26 Å². The van der Waals surface area contributed by atoms with Crippen molar-refractivity contribution in [3.8, 4) is 11.5 Å². The van der Waals surface area contributed by atoms with Gasteiger partial charge in [-0.15, -0.1) is 0 Å². The van der Waals surface area contributed by atoms with E-state index >= 15 is 0 Å². The molecule has 0 amide bonds. The average Bonchev–Trinajstić information content (AvgIpc) is 2.77. The van der Waals surface area contributed by atoms with Gasteiger partial charge in [0, 0.05) is 25.8 Å². The second-order valence-corrected chi connectivity index (χ2v) is 4.76. The SMILES string of the molecule is COCC(N)Cc1nc(-c2ncc(Cl)cc2Cl)no1. The van der Waals surface area contributed by atoms with Crippen LogP contribution in [-0.4, -0.2) is 34.9 Å². The van der Waals surface area contributed by atoms with E-state index in [1.807, 2.05) is 0 Å².